The Bertz CT molecular complexity index is 910. The monoisotopic (exact) mass is 447 g/mol. The molecule has 0 aliphatic heterocycles. The van der Waals surface area contributed by atoms with E-state index in [1.54, 1.807) is 12.3 Å². The maximum absolute atomic E-state index is 12.5. The Morgan fingerprint density at radius 3 is 2.66 bits per heavy atom. The Balaban J connectivity index is 1.67. The number of pyridine rings is 1. The molecule has 7 heteroatoms. The lowest BCUT2D eigenvalue weighted by Crippen LogP contribution is -2.17. The molecule has 0 spiro atoms. The van der Waals surface area contributed by atoms with Crippen molar-refractivity contribution >= 4 is 17.2 Å². The highest BCUT2D eigenvalue weighted by atomic mass is 19.4. The van der Waals surface area contributed by atoms with Crippen LogP contribution in [0.1, 0.15) is 69.4 Å². The molecular formula is C25H32F3N3O. The summed E-state index contributed by atoms with van der Waals surface area (Å²) in [4.78, 5) is 4.48. The highest BCUT2D eigenvalue weighted by Crippen LogP contribution is 2.43. The second-order valence-corrected chi connectivity index (χ2v) is 8.39. The molecule has 1 aromatic heterocycles. The van der Waals surface area contributed by atoms with Gasteiger partial charge < -0.3 is 15.4 Å². The summed E-state index contributed by atoms with van der Waals surface area (Å²) >= 11 is 0. The van der Waals surface area contributed by atoms with Gasteiger partial charge in [-0.3, -0.25) is 0 Å². The van der Waals surface area contributed by atoms with E-state index in [4.69, 9.17) is 0 Å². The van der Waals surface area contributed by atoms with Crippen LogP contribution in [0.4, 0.5) is 24.7 Å². The van der Waals surface area contributed by atoms with Crippen molar-refractivity contribution in [3.63, 3.8) is 0 Å². The zero-order chi connectivity index (χ0) is 23.1. The number of ether oxygens (including phenoxy) is 1. The average molecular weight is 448 g/mol. The van der Waals surface area contributed by atoms with Crippen LogP contribution in [0.2, 0.25) is 0 Å². The number of anilines is 2. The van der Waals surface area contributed by atoms with Crippen molar-refractivity contribution in [2.75, 3.05) is 11.9 Å². The van der Waals surface area contributed by atoms with E-state index in [9.17, 15) is 13.2 Å². The minimum atomic E-state index is -4.72. The normalized spacial score (nSPS) is 14.7. The number of rotatable bonds is 12. The molecule has 2 N–H and O–H groups in total. The highest BCUT2D eigenvalue weighted by Gasteiger charge is 2.31. The van der Waals surface area contributed by atoms with E-state index in [-0.39, 0.29) is 5.75 Å². The van der Waals surface area contributed by atoms with E-state index >= 15 is 0 Å². The minimum absolute atomic E-state index is 0.271. The zero-order valence-electron chi connectivity index (χ0n) is 18.8. The van der Waals surface area contributed by atoms with E-state index in [1.165, 1.54) is 43.0 Å². The Morgan fingerprint density at radius 2 is 2.00 bits per heavy atom. The molecular weight excluding hydrogens is 415 g/mol. The Morgan fingerprint density at radius 1 is 1.22 bits per heavy atom. The molecule has 0 radical (unpaired) electrons. The van der Waals surface area contributed by atoms with Gasteiger partial charge in [0, 0.05) is 35.8 Å². The number of halogens is 3. The largest absolute Gasteiger partial charge is 0.573 e. The molecule has 1 atom stereocenters. The van der Waals surface area contributed by atoms with Gasteiger partial charge in [0.05, 0.1) is 0 Å². The smallest absolute Gasteiger partial charge is 0.406 e. The molecule has 174 valence electrons. The van der Waals surface area contributed by atoms with Gasteiger partial charge in [-0.25, -0.2) is 4.98 Å². The maximum atomic E-state index is 12.5. The summed E-state index contributed by atoms with van der Waals surface area (Å²) in [5.74, 6) is 1.51. The standard InChI is InChI=1S/C25H32F3N3O/c1-4-7-18(5-2)12-13-29-17(3)23-16-30-24(15-22(23)19-10-11-19)31-20-8-6-9-21(14-20)32-25(26,27)28/h6,8-9,14-16,18-19,29H,3-5,7,10-13H2,1-2H3,(H,30,31). The van der Waals surface area contributed by atoms with Crippen LogP contribution in [0.25, 0.3) is 5.70 Å². The van der Waals surface area contributed by atoms with Crippen LogP contribution in [0.5, 0.6) is 5.75 Å². The van der Waals surface area contributed by atoms with E-state index in [1.807, 2.05) is 6.07 Å². The predicted molar refractivity (Wildman–Crippen MR) is 123 cm³/mol. The third kappa shape index (κ3) is 7.18. The van der Waals surface area contributed by atoms with Gasteiger partial charge in [-0.15, -0.1) is 13.2 Å². The van der Waals surface area contributed by atoms with Crippen LogP contribution in [0.15, 0.2) is 43.1 Å². The van der Waals surface area contributed by atoms with Gasteiger partial charge in [-0.1, -0.05) is 45.8 Å². The molecule has 1 aliphatic rings. The molecule has 1 fully saturated rings. The summed E-state index contributed by atoms with van der Waals surface area (Å²) < 4.78 is 41.5. The van der Waals surface area contributed by atoms with Gasteiger partial charge in [0.1, 0.15) is 11.6 Å². The number of hydrogen-bond donors (Lipinski definition) is 2. The van der Waals surface area contributed by atoms with Crippen LogP contribution in [-0.4, -0.2) is 17.9 Å². The summed E-state index contributed by atoms with van der Waals surface area (Å²) in [6.45, 7) is 9.57. The maximum Gasteiger partial charge on any atom is 0.573 e. The van der Waals surface area contributed by atoms with Crippen LogP contribution in [-0.2, 0) is 0 Å². The highest BCUT2D eigenvalue weighted by molar-refractivity contribution is 5.68. The lowest BCUT2D eigenvalue weighted by molar-refractivity contribution is -0.274. The lowest BCUT2D eigenvalue weighted by atomic mass is 9.97. The molecule has 1 heterocycles. The van der Waals surface area contributed by atoms with Crippen molar-refractivity contribution in [1.82, 2.24) is 10.3 Å². The van der Waals surface area contributed by atoms with E-state index in [0.717, 1.165) is 43.0 Å². The summed E-state index contributed by atoms with van der Waals surface area (Å²) in [7, 11) is 0. The summed E-state index contributed by atoms with van der Waals surface area (Å²) in [5, 5.41) is 6.56. The van der Waals surface area contributed by atoms with Crippen molar-refractivity contribution in [2.24, 2.45) is 5.92 Å². The molecule has 2 aromatic rings. The Kier molecular flexibility index (Phi) is 8.04. The van der Waals surface area contributed by atoms with Crippen LogP contribution in [0.3, 0.4) is 0 Å². The van der Waals surface area contributed by atoms with Crippen molar-refractivity contribution < 1.29 is 17.9 Å². The number of benzene rings is 1. The molecule has 3 rings (SSSR count). The molecule has 1 unspecified atom stereocenters. The number of hydrogen-bond acceptors (Lipinski definition) is 4. The summed E-state index contributed by atoms with van der Waals surface area (Å²) in [6.07, 6.45) is 4.06. The first-order chi connectivity index (χ1) is 15.3. The number of aromatic nitrogens is 1. The van der Waals surface area contributed by atoms with Crippen molar-refractivity contribution in [1.29, 1.82) is 0 Å². The zero-order valence-corrected chi connectivity index (χ0v) is 18.8. The first-order valence-corrected chi connectivity index (χ1v) is 11.3. The van der Waals surface area contributed by atoms with Crippen LogP contribution < -0.4 is 15.4 Å². The molecule has 1 saturated carbocycles. The number of alkyl halides is 3. The number of nitrogens with zero attached hydrogens (tertiary/aromatic N) is 1. The van der Waals surface area contributed by atoms with Crippen LogP contribution in [0, 0.1) is 5.92 Å². The number of nitrogens with one attached hydrogen (secondary N) is 2. The van der Waals surface area contributed by atoms with Gasteiger partial charge >= 0.3 is 6.36 Å². The first kappa shape index (κ1) is 24.0. The molecule has 32 heavy (non-hydrogen) atoms. The molecule has 0 bridgehead atoms. The van der Waals surface area contributed by atoms with E-state index < -0.39 is 6.36 Å². The first-order valence-electron chi connectivity index (χ1n) is 11.3. The van der Waals surface area contributed by atoms with E-state index in [0.29, 0.717) is 17.4 Å². The van der Waals surface area contributed by atoms with Crippen molar-refractivity contribution in [3.8, 4) is 5.75 Å². The molecule has 1 aliphatic carbocycles. The van der Waals surface area contributed by atoms with Crippen LogP contribution >= 0.6 is 0 Å². The molecule has 0 amide bonds. The fraction of sp³-hybridized carbons (Fsp3) is 0.480. The fourth-order valence-electron chi connectivity index (χ4n) is 3.93. The lowest BCUT2D eigenvalue weighted by Gasteiger charge is -2.18. The van der Waals surface area contributed by atoms with Gasteiger partial charge in [0.15, 0.2) is 0 Å². The third-order valence-electron chi connectivity index (χ3n) is 5.78. The van der Waals surface area contributed by atoms with Crippen molar-refractivity contribution in [3.05, 3.63) is 54.2 Å². The summed E-state index contributed by atoms with van der Waals surface area (Å²) in [5.41, 5.74) is 3.53. The fourth-order valence-corrected chi connectivity index (χ4v) is 3.93. The summed E-state index contributed by atoms with van der Waals surface area (Å²) in [6, 6.07) is 7.73. The van der Waals surface area contributed by atoms with E-state index in [2.05, 4.69) is 40.8 Å². The molecule has 4 nitrogen and oxygen atoms in total. The SMILES string of the molecule is C=C(NCCC(CC)CCC)c1cnc(Nc2cccc(OC(F)(F)F)c2)cc1C1CC1. The quantitative estimate of drug-likeness (QED) is 0.356. The topological polar surface area (TPSA) is 46.2 Å². The van der Waals surface area contributed by atoms with Gasteiger partial charge in [-0.2, -0.15) is 0 Å². The second-order valence-electron chi connectivity index (χ2n) is 8.39. The second kappa shape index (κ2) is 10.7. The Hall–Kier alpha value is -2.70. The van der Waals surface area contributed by atoms with Gasteiger partial charge in [0.25, 0.3) is 0 Å². The minimum Gasteiger partial charge on any atom is -0.406 e. The Labute approximate surface area is 188 Å². The molecule has 1 aromatic carbocycles. The van der Waals surface area contributed by atoms with Crippen molar-refractivity contribution in [2.45, 2.75) is 64.7 Å². The average Bonchev–Trinajstić information content (AvgIpc) is 3.57. The molecule has 0 saturated heterocycles. The third-order valence-corrected chi connectivity index (χ3v) is 5.78. The van der Waals surface area contributed by atoms with Gasteiger partial charge in [0.2, 0.25) is 0 Å². The predicted octanol–water partition coefficient (Wildman–Crippen LogP) is 7.38. The van der Waals surface area contributed by atoms with Gasteiger partial charge in [-0.05, 0) is 54.9 Å².